The number of aryl methyl sites for hydroxylation is 3. The van der Waals surface area contributed by atoms with Crippen molar-refractivity contribution in [2.75, 3.05) is 42.5 Å². The van der Waals surface area contributed by atoms with E-state index in [-0.39, 0.29) is 24.2 Å². The molecular weight excluding hydrogens is 366 g/mol. The van der Waals surface area contributed by atoms with Gasteiger partial charge in [0, 0.05) is 44.8 Å². The second-order valence-electron chi connectivity index (χ2n) is 8.02. The Balaban J connectivity index is 1.37. The molecule has 0 N–H and O–H groups in total. The zero-order valence-corrected chi connectivity index (χ0v) is 17.3. The number of amides is 2. The number of piperazine rings is 1. The Morgan fingerprint density at radius 3 is 2.38 bits per heavy atom. The molecule has 0 bridgehead atoms. The van der Waals surface area contributed by atoms with E-state index in [1.165, 1.54) is 5.56 Å². The van der Waals surface area contributed by atoms with Crippen molar-refractivity contribution in [1.29, 1.82) is 0 Å². The quantitative estimate of drug-likeness (QED) is 0.799. The summed E-state index contributed by atoms with van der Waals surface area (Å²) in [5.74, 6) is 0.689. The molecule has 152 valence electrons. The Hall–Kier alpha value is -2.96. The maximum absolute atomic E-state index is 13.0. The van der Waals surface area contributed by atoms with Crippen LogP contribution in [-0.2, 0) is 9.59 Å². The van der Waals surface area contributed by atoms with Gasteiger partial charge in [-0.2, -0.15) is 5.10 Å². The fourth-order valence-corrected chi connectivity index (χ4v) is 3.99. The van der Waals surface area contributed by atoms with Crippen molar-refractivity contribution in [3.05, 3.63) is 47.2 Å². The SMILES string of the molecule is Cc1ccc(N2CCN(C(=O)C3CC(=O)N(c4ccc(C)c(C)c4)C3)CC2)nn1. The fourth-order valence-electron chi connectivity index (χ4n) is 3.99. The van der Waals surface area contributed by atoms with Crippen LogP contribution < -0.4 is 9.80 Å². The van der Waals surface area contributed by atoms with Gasteiger partial charge in [-0.15, -0.1) is 5.10 Å². The molecule has 2 fully saturated rings. The highest BCUT2D eigenvalue weighted by Gasteiger charge is 2.38. The molecule has 7 heteroatoms. The lowest BCUT2D eigenvalue weighted by atomic mass is 10.1. The molecule has 7 nitrogen and oxygen atoms in total. The van der Waals surface area contributed by atoms with E-state index in [0.717, 1.165) is 35.9 Å². The van der Waals surface area contributed by atoms with E-state index in [4.69, 9.17) is 0 Å². The average Bonchev–Trinajstić information content (AvgIpc) is 3.12. The molecular formula is C22H27N5O2. The third-order valence-electron chi connectivity index (χ3n) is 5.98. The molecule has 3 heterocycles. The van der Waals surface area contributed by atoms with E-state index in [2.05, 4.69) is 22.0 Å². The second-order valence-corrected chi connectivity index (χ2v) is 8.02. The van der Waals surface area contributed by atoms with Crippen molar-refractivity contribution in [2.45, 2.75) is 27.2 Å². The lowest BCUT2D eigenvalue weighted by Gasteiger charge is -2.36. The van der Waals surface area contributed by atoms with E-state index in [0.29, 0.717) is 19.6 Å². The topological polar surface area (TPSA) is 69.6 Å². The molecule has 1 aromatic carbocycles. The first-order chi connectivity index (χ1) is 13.9. The van der Waals surface area contributed by atoms with Crippen LogP contribution >= 0.6 is 0 Å². The summed E-state index contributed by atoms with van der Waals surface area (Å²) in [4.78, 5) is 31.4. The van der Waals surface area contributed by atoms with Gasteiger partial charge in [0.2, 0.25) is 11.8 Å². The minimum atomic E-state index is -0.269. The molecule has 0 spiro atoms. The number of hydrogen-bond acceptors (Lipinski definition) is 5. The van der Waals surface area contributed by atoms with Crippen molar-refractivity contribution < 1.29 is 9.59 Å². The molecule has 2 saturated heterocycles. The zero-order chi connectivity index (χ0) is 20.5. The number of carbonyl (C=O) groups excluding carboxylic acids is 2. The molecule has 1 aromatic heterocycles. The molecule has 2 amide bonds. The molecule has 1 atom stereocenters. The molecule has 2 aliphatic heterocycles. The lowest BCUT2D eigenvalue weighted by molar-refractivity contribution is -0.136. The van der Waals surface area contributed by atoms with Gasteiger partial charge in [0.15, 0.2) is 5.82 Å². The monoisotopic (exact) mass is 393 g/mol. The number of nitrogens with zero attached hydrogens (tertiary/aromatic N) is 5. The third-order valence-corrected chi connectivity index (χ3v) is 5.98. The summed E-state index contributed by atoms with van der Waals surface area (Å²) in [5.41, 5.74) is 4.13. The van der Waals surface area contributed by atoms with Gasteiger partial charge >= 0.3 is 0 Å². The van der Waals surface area contributed by atoms with E-state index >= 15 is 0 Å². The highest BCUT2D eigenvalue weighted by Crippen LogP contribution is 2.28. The Morgan fingerprint density at radius 2 is 1.72 bits per heavy atom. The van der Waals surface area contributed by atoms with Crippen LogP contribution in [0.5, 0.6) is 0 Å². The average molecular weight is 393 g/mol. The number of carbonyl (C=O) groups is 2. The van der Waals surface area contributed by atoms with Gasteiger partial charge in [-0.3, -0.25) is 9.59 Å². The van der Waals surface area contributed by atoms with Crippen molar-refractivity contribution in [3.63, 3.8) is 0 Å². The summed E-state index contributed by atoms with van der Waals surface area (Å²) >= 11 is 0. The lowest BCUT2D eigenvalue weighted by Crippen LogP contribution is -2.51. The summed E-state index contributed by atoms with van der Waals surface area (Å²) < 4.78 is 0. The summed E-state index contributed by atoms with van der Waals surface area (Å²) in [6.45, 7) is 9.21. The normalized spacial score (nSPS) is 19.8. The van der Waals surface area contributed by atoms with Gasteiger partial charge in [0.1, 0.15) is 0 Å². The predicted octanol–water partition coefficient (Wildman–Crippen LogP) is 2.10. The van der Waals surface area contributed by atoms with Crippen molar-refractivity contribution in [3.8, 4) is 0 Å². The summed E-state index contributed by atoms with van der Waals surface area (Å²) in [5, 5.41) is 8.35. The molecule has 29 heavy (non-hydrogen) atoms. The van der Waals surface area contributed by atoms with E-state index in [1.807, 2.05) is 49.1 Å². The number of rotatable bonds is 3. The summed E-state index contributed by atoms with van der Waals surface area (Å²) in [6.07, 6.45) is 0.287. The molecule has 4 rings (SSSR count). The molecule has 2 aromatic rings. The van der Waals surface area contributed by atoms with Crippen LogP contribution in [0.3, 0.4) is 0 Å². The van der Waals surface area contributed by atoms with Crippen LogP contribution in [0.15, 0.2) is 30.3 Å². The van der Waals surface area contributed by atoms with Crippen molar-refractivity contribution in [1.82, 2.24) is 15.1 Å². The van der Waals surface area contributed by atoms with Gasteiger partial charge in [0.05, 0.1) is 11.6 Å². The van der Waals surface area contributed by atoms with Gasteiger partial charge in [-0.25, -0.2) is 0 Å². The largest absolute Gasteiger partial charge is 0.352 e. The minimum Gasteiger partial charge on any atom is -0.352 e. The zero-order valence-electron chi connectivity index (χ0n) is 17.3. The van der Waals surface area contributed by atoms with E-state index in [9.17, 15) is 9.59 Å². The first-order valence-electron chi connectivity index (χ1n) is 10.1. The van der Waals surface area contributed by atoms with Crippen LogP contribution in [0.1, 0.15) is 23.2 Å². The highest BCUT2D eigenvalue weighted by molar-refractivity contribution is 6.00. The number of hydrogen-bond donors (Lipinski definition) is 0. The van der Waals surface area contributed by atoms with Crippen LogP contribution in [0.4, 0.5) is 11.5 Å². The molecule has 0 saturated carbocycles. The maximum Gasteiger partial charge on any atom is 0.228 e. The van der Waals surface area contributed by atoms with E-state index in [1.54, 1.807) is 4.90 Å². The maximum atomic E-state index is 13.0. The molecule has 0 radical (unpaired) electrons. The van der Waals surface area contributed by atoms with Crippen LogP contribution in [-0.4, -0.2) is 59.6 Å². The van der Waals surface area contributed by atoms with Crippen molar-refractivity contribution >= 4 is 23.3 Å². The Bertz CT molecular complexity index is 919. The number of benzene rings is 1. The Morgan fingerprint density at radius 1 is 0.966 bits per heavy atom. The first-order valence-corrected chi connectivity index (χ1v) is 10.1. The van der Waals surface area contributed by atoms with Crippen molar-refractivity contribution in [2.24, 2.45) is 5.92 Å². The standard InChI is InChI=1S/C22H27N5O2/c1-15-4-6-19(12-16(15)2)27-14-18(13-21(27)28)22(29)26-10-8-25(9-11-26)20-7-5-17(3)23-24-20/h4-7,12,18H,8-11,13-14H2,1-3H3. The highest BCUT2D eigenvalue weighted by atomic mass is 16.2. The van der Waals surface area contributed by atoms with Crippen LogP contribution in [0, 0.1) is 26.7 Å². The second kappa shape index (κ2) is 7.81. The number of anilines is 2. The summed E-state index contributed by atoms with van der Waals surface area (Å²) in [7, 11) is 0. The van der Waals surface area contributed by atoms with Crippen LogP contribution in [0.25, 0.3) is 0 Å². The minimum absolute atomic E-state index is 0.0279. The molecule has 0 aliphatic carbocycles. The smallest absolute Gasteiger partial charge is 0.228 e. The predicted molar refractivity (Wildman–Crippen MR) is 112 cm³/mol. The van der Waals surface area contributed by atoms with Crippen LogP contribution in [0.2, 0.25) is 0 Å². The van der Waals surface area contributed by atoms with Gasteiger partial charge < -0.3 is 14.7 Å². The molecule has 2 aliphatic rings. The molecule has 1 unspecified atom stereocenters. The van der Waals surface area contributed by atoms with E-state index < -0.39 is 0 Å². The fraction of sp³-hybridized carbons (Fsp3) is 0.455. The van der Waals surface area contributed by atoms with Gasteiger partial charge in [-0.05, 0) is 56.2 Å². The summed E-state index contributed by atoms with van der Waals surface area (Å²) in [6, 6.07) is 9.94. The Labute approximate surface area is 171 Å². The number of aromatic nitrogens is 2. The Kier molecular flexibility index (Phi) is 5.22. The van der Waals surface area contributed by atoms with Gasteiger partial charge in [0.25, 0.3) is 0 Å². The third kappa shape index (κ3) is 3.95. The first kappa shape index (κ1) is 19.4. The van der Waals surface area contributed by atoms with Gasteiger partial charge in [-0.1, -0.05) is 6.07 Å².